The number of carbonyl (C=O) groups excluding carboxylic acids is 2. The fourth-order valence-corrected chi connectivity index (χ4v) is 3.02. The molecule has 0 spiro atoms. The second kappa shape index (κ2) is 7.51. The number of aryl methyl sites for hydroxylation is 2. The number of rotatable bonds is 4. The summed E-state index contributed by atoms with van der Waals surface area (Å²) in [4.78, 5) is 31.9. The van der Waals surface area contributed by atoms with Gasteiger partial charge in [-0.3, -0.25) is 9.59 Å². The van der Waals surface area contributed by atoms with Crippen molar-refractivity contribution in [3.8, 4) is 11.5 Å². The lowest BCUT2D eigenvalue weighted by atomic mass is 10.2. The molecule has 0 N–H and O–H groups in total. The highest BCUT2D eigenvalue weighted by Crippen LogP contribution is 2.22. The molecule has 0 bridgehead atoms. The Bertz CT molecular complexity index is 747. The molecule has 3 rings (SSSR count). The van der Waals surface area contributed by atoms with Crippen molar-refractivity contribution in [2.45, 2.75) is 26.7 Å². The Balaban J connectivity index is 1.56. The molecule has 2 heterocycles. The maximum absolute atomic E-state index is 12.4. The van der Waals surface area contributed by atoms with Gasteiger partial charge in [0.15, 0.2) is 0 Å². The Morgan fingerprint density at radius 1 is 1.08 bits per heavy atom. The smallest absolute Gasteiger partial charge is 0.226 e. The summed E-state index contributed by atoms with van der Waals surface area (Å²) in [6.45, 7) is 5.88. The van der Waals surface area contributed by atoms with Crippen molar-refractivity contribution >= 4 is 11.8 Å². The summed E-state index contributed by atoms with van der Waals surface area (Å²) in [7, 11) is 0. The van der Waals surface area contributed by atoms with Gasteiger partial charge in [0, 0.05) is 51.5 Å². The van der Waals surface area contributed by atoms with E-state index in [9.17, 15) is 9.59 Å². The summed E-state index contributed by atoms with van der Waals surface area (Å²) in [5, 5.41) is 0. The minimum atomic E-state index is 0.0683. The second-order valence-corrected chi connectivity index (χ2v) is 6.27. The SMILES string of the molecule is CC(=O)N1CCN(C(=O)CCc2nc(-c3ccccc3)oc2C)CC1. The molecule has 2 amide bonds. The van der Waals surface area contributed by atoms with Crippen LogP contribution in [0.5, 0.6) is 0 Å². The monoisotopic (exact) mass is 341 g/mol. The van der Waals surface area contributed by atoms with Crippen molar-refractivity contribution in [3.05, 3.63) is 41.8 Å². The van der Waals surface area contributed by atoms with Gasteiger partial charge in [-0.2, -0.15) is 0 Å². The number of hydrogen-bond donors (Lipinski definition) is 0. The van der Waals surface area contributed by atoms with Crippen molar-refractivity contribution in [2.24, 2.45) is 0 Å². The Labute approximate surface area is 147 Å². The lowest BCUT2D eigenvalue weighted by Crippen LogP contribution is -2.50. The van der Waals surface area contributed by atoms with E-state index in [1.807, 2.05) is 42.2 Å². The lowest BCUT2D eigenvalue weighted by molar-refractivity contribution is -0.138. The topological polar surface area (TPSA) is 66.7 Å². The first-order valence-electron chi connectivity index (χ1n) is 8.59. The average Bonchev–Trinajstić information content (AvgIpc) is 3.01. The van der Waals surface area contributed by atoms with Crippen LogP contribution in [0.1, 0.15) is 24.8 Å². The van der Waals surface area contributed by atoms with Gasteiger partial charge in [-0.05, 0) is 19.1 Å². The minimum absolute atomic E-state index is 0.0683. The summed E-state index contributed by atoms with van der Waals surface area (Å²) in [5.41, 5.74) is 1.76. The van der Waals surface area contributed by atoms with E-state index in [-0.39, 0.29) is 11.8 Å². The first-order valence-corrected chi connectivity index (χ1v) is 8.59. The van der Waals surface area contributed by atoms with E-state index in [0.717, 1.165) is 17.0 Å². The zero-order valence-electron chi connectivity index (χ0n) is 14.7. The molecule has 0 radical (unpaired) electrons. The molecule has 1 aromatic carbocycles. The third kappa shape index (κ3) is 4.07. The maximum Gasteiger partial charge on any atom is 0.226 e. The zero-order chi connectivity index (χ0) is 17.8. The third-order valence-corrected chi connectivity index (χ3v) is 4.57. The van der Waals surface area contributed by atoms with Crippen molar-refractivity contribution in [1.29, 1.82) is 0 Å². The molecule has 2 aromatic rings. The first-order chi connectivity index (χ1) is 12.0. The molecule has 1 aromatic heterocycles. The summed E-state index contributed by atoms with van der Waals surface area (Å²) >= 11 is 0. The molecule has 25 heavy (non-hydrogen) atoms. The van der Waals surface area contributed by atoms with Crippen LogP contribution in [0, 0.1) is 6.92 Å². The van der Waals surface area contributed by atoms with E-state index < -0.39 is 0 Å². The molecule has 6 heteroatoms. The highest BCUT2D eigenvalue weighted by molar-refractivity contribution is 5.77. The highest BCUT2D eigenvalue weighted by Gasteiger charge is 2.22. The van der Waals surface area contributed by atoms with Crippen LogP contribution >= 0.6 is 0 Å². The fraction of sp³-hybridized carbons (Fsp3) is 0.421. The van der Waals surface area contributed by atoms with Gasteiger partial charge < -0.3 is 14.2 Å². The van der Waals surface area contributed by atoms with Crippen molar-refractivity contribution < 1.29 is 14.0 Å². The molecule has 6 nitrogen and oxygen atoms in total. The highest BCUT2D eigenvalue weighted by atomic mass is 16.4. The quantitative estimate of drug-likeness (QED) is 0.856. The van der Waals surface area contributed by atoms with E-state index >= 15 is 0 Å². The molecule has 0 atom stereocenters. The molecule has 1 saturated heterocycles. The van der Waals surface area contributed by atoms with E-state index in [2.05, 4.69) is 4.98 Å². The van der Waals surface area contributed by atoms with E-state index in [0.29, 0.717) is 44.9 Å². The maximum atomic E-state index is 12.4. The van der Waals surface area contributed by atoms with Crippen molar-refractivity contribution in [3.63, 3.8) is 0 Å². The van der Waals surface area contributed by atoms with Crippen LogP contribution in [0.4, 0.5) is 0 Å². The molecule has 132 valence electrons. The molecule has 0 unspecified atom stereocenters. The standard InChI is InChI=1S/C19H23N3O3/c1-14-17(20-19(25-14)16-6-4-3-5-7-16)8-9-18(24)22-12-10-21(11-13-22)15(2)23/h3-7H,8-13H2,1-2H3. The van der Waals surface area contributed by atoms with Crippen molar-refractivity contribution in [1.82, 2.24) is 14.8 Å². The number of nitrogens with zero attached hydrogens (tertiary/aromatic N) is 3. The van der Waals surface area contributed by atoms with Crippen molar-refractivity contribution in [2.75, 3.05) is 26.2 Å². The Morgan fingerprint density at radius 2 is 1.72 bits per heavy atom. The number of hydrogen-bond acceptors (Lipinski definition) is 4. The molecule has 1 fully saturated rings. The summed E-state index contributed by atoms with van der Waals surface area (Å²) in [6, 6.07) is 9.74. The van der Waals surface area contributed by atoms with Crippen LogP contribution in [0.15, 0.2) is 34.7 Å². The number of carbonyl (C=O) groups is 2. The van der Waals surface area contributed by atoms with Gasteiger partial charge in [-0.15, -0.1) is 0 Å². The predicted molar refractivity (Wildman–Crippen MR) is 93.8 cm³/mol. The minimum Gasteiger partial charge on any atom is -0.441 e. The normalized spacial score (nSPS) is 14.6. The van der Waals surface area contributed by atoms with Crippen LogP contribution in [0.2, 0.25) is 0 Å². The van der Waals surface area contributed by atoms with Crippen LogP contribution in [-0.4, -0.2) is 52.8 Å². The van der Waals surface area contributed by atoms with Gasteiger partial charge in [0.2, 0.25) is 17.7 Å². The van der Waals surface area contributed by atoms with Crippen LogP contribution < -0.4 is 0 Å². The molecule has 1 aliphatic heterocycles. The Morgan fingerprint density at radius 3 is 2.36 bits per heavy atom. The van der Waals surface area contributed by atoms with E-state index in [1.54, 1.807) is 11.8 Å². The number of oxazole rings is 1. The van der Waals surface area contributed by atoms with Crippen LogP contribution in [0.25, 0.3) is 11.5 Å². The summed E-state index contributed by atoms with van der Waals surface area (Å²) in [5.74, 6) is 1.52. The number of piperazine rings is 1. The Hall–Kier alpha value is -2.63. The molecule has 1 aliphatic rings. The summed E-state index contributed by atoms with van der Waals surface area (Å²) in [6.07, 6.45) is 0.968. The third-order valence-electron chi connectivity index (χ3n) is 4.57. The second-order valence-electron chi connectivity index (χ2n) is 6.27. The molecule has 0 aliphatic carbocycles. The number of benzene rings is 1. The van der Waals surface area contributed by atoms with Crippen LogP contribution in [0.3, 0.4) is 0 Å². The van der Waals surface area contributed by atoms with Gasteiger partial charge in [0.1, 0.15) is 5.76 Å². The molecular formula is C19H23N3O3. The van der Waals surface area contributed by atoms with E-state index in [4.69, 9.17) is 4.42 Å². The zero-order valence-corrected chi connectivity index (χ0v) is 14.7. The first kappa shape index (κ1) is 17.2. The van der Waals surface area contributed by atoms with Gasteiger partial charge in [-0.25, -0.2) is 4.98 Å². The fourth-order valence-electron chi connectivity index (χ4n) is 3.02. The number of aromatic nitrogens is 1. The number of amides is 2. The largest absolute Gasteiger partial charge is 0.441 e. The van der Waals surface area contributed by atoms with E-state index in [1.165, 1.54) is 0 Å². The lowest BCUT2D eigenvalue weighted by Gasteiger charge is -2.34. The van der Waals surface area contributed by atoms with Crippen LogP contribution in [-0.2, 0) is 16.0 Å². The molecular weight excluding hydrogens is 318 g/mol. The van der Waals surface area contributed by atoms with Gasteiger partial charge in [0.05, 0.1) is 5.69 Å². The average molecular weight is 341 g/mol. The summed E-state index contributed by atoms with van der Waals surface area (Å²) < 4.78 is 5.74. The predicted octanol–water partition coefficient (Wildman–Crippen LogP) is 2.27. The van der Waals surface area contributed by atoms with Gasteiger partial charge >= 0.3 is 0 Å². The molecule has 0 saturated carbocycles. The van der Waals surface area contributed by atoms with Gasteiger partial charge in [0.25, 0.3) is 0 Å². The van der Waals surface area contributed by atoms with Gasteiger partial charge in [-0.1, -0.05) is 18.2 Å². The Kier molecular flexibility index (Phi) is 5.16.